The Morgan fingerprint density at radius 3 is 2.79 bits per heavy atom. The minimum Gasteiger partial charge on any atom is -0.343 e. The summed E-state index contributed by atoms with van der Waals surface area (Å²) < 4.78 is 0.660. The van der Waals surface area contributed by atoms with Crippen molar-refractivity contribution in [3.63, 3.8) is 0 Å². The van der Waals surface area contributed by atoms with Crippen LogP contribution < -0.4 is 5.32 Å². The lowest BCUT2D eigenvalue weighted by Crippen LogP contribution is -2.38. The van der Waals surface area contributed by atoms with E-state index >= 15 is 0 Å². The molecule has 1 N–H and O–H groups in total. The number of halogens is 2. The zero-order chi connectivity index (χ0) is 13.8. The number of nitrogens with one attached hydrogen (secondary N) is 1. The fourth-order valence-corrected chi connectivity index (χ4v) is 2.43. The quantitative estimate of drug-likeness (QED) is 0.850. The summed E-state index contributed by atoms with van der Waals surface area (Å²) in [5, 5.41) is 2.69. The summed E-state index contributed by atoms with van der Waals surface area (Å²) in [6.45, 7) is 1.53. The molecule has 0 aliphatic carbocycles. The zero-order valence-corrected chi connectivity index (χ0v) is 12.5. The maximum Gasteiger partial charge on any atom is 0.254 e. The Hall–Kier alpha value is -1.14. The first-order valence-electron chi connectivity index (χ1n) is 5.95. The smallest absolute Gasteiger partial charge is 0.254 e. The third-order valence-corrected chi connectivity index (χ3v) is 3.64. The lowest BCUT2D eigenvalue weighted by atomic mass is 10.2. The molecule has 1 aliphatic heterocycles. The number of hydrogen-bond donors (Lipinski definition) is 1. The summed E-state index contributed by atoms with van der Waals surface area (Å²) in [4.78, 5) is 29.3. The summed E-state index contributed by atoms with van der Waals surface area (Å²) in [5.74, 6) is -0.462. The lowest BCUT2D eigenvalue weighted by molar-refractivity contribution is -0.129. The lowest BCUT2D eigenvalue weighted by Gasteiger charge is -2.15. The van der Waals surface area contributed by atoms with Crippen molar-refractivity contribution in [2.75, 3.05) is 19.6 Å². The first-order valence-corrected chi connectivity index (χ1v) is 7.12. The molecule has 0 radical (unpaired) electrons. The van der Waals surface area contributed by atoms with Gasteiger partial charge in [0, 0.05) is 23.8 Å². The van der Waals surface area contributed by atoms with Gasteiger partial charge in [0.05, 0.1) is 12.1 Å². The molecule has 0 bridgehead atoms. The Morgan fingerprint density at radius 2 is 2.11 bits per heavy atom. The Morgan fingerprint density at radius 1 is 1.42 bits per heavy atom. The average molecular weight is 347 g/mol. The SMILES string of the molecule is O=C(NCC(=O)N1CCCC1)c1cc(Br)cnc1Cl. The third-order valence-electron chi connectivity index (χ3n) is 2.91. The van der Waals surface area contributed by atoms with Gasteiger partial charge in [-0.3, -0.25) is 9.59 Å². The zero-order valence-electron chi connectivity index (χ0n) is 10.2. The summed E-state index contributed by atoms with van der Waals surface area (Å²) >= 11 is 9.07. The largest absolute Gasteiger partial charge is 0.343 e. The molecule has 7 heteroatoms. The van der Waals surface area contributed by atoms with E-state index in [0.717, 1.165) is 25.9 Å². The van der Waals surface area contributed by atoms with Crippen LogP contribution in [0.4, 0.5) is 0 Å². The molecule has 0 aromatic carbocycles. The van der Waals surface area contributed by atoms with Gasteiger partial charge in [0.25, 0.3) is 5.91 Å². The molecule has 19 heavy (non-hydrogen) atoms. The Kier molecular flexibility index (Phi) is 4.76. The number of rotatable bonds is 3. The van der Waals surface area contributed by atoms with Gasteiger partial charge >= 0.3 is 0 Å². The molecule has 1 fully saturated rings. The fourth-order valence-electron chi connectivity index (χ4n) is 1.91. The van der Waals surface area contributed by atoms with Crippen molar-refractivity contribution in [2.45, 2.75) is 12.8 Å². The minimum absolute atomic E-state index is 0.0122. The third kappa shape index (κ3) is 3.67. The van der Waals surface area contributed by atoms with Crippen LogP contribution in [0, 0.1) is 0 Å². The number of pyridine rings is 1. The van der Waals surface area contributed by atoms with E-state index in [9.17, 15) is 9.59 Å². The predicted molar refractivity (Wildman–Crippen MR) is 75.1 cm³/mol. The summed E-state index contributed by atoms with van der Waals surface area (Å²) in [6.07, 6.45) is 3.57. The topological polar surface area (TPSA) is 62.3 Å². The van der Waals surface area contributed by atoms with Crippen LogP contribution in [0.1, 0.15) is 23.2 Å². The van der Waals surface area contributed by atoms with Gasteiger partial charge in [-0.25, -0.2) is 4.98 Å². The van der Waals surface area contributed by atoms with Crippen molar-refractivity contribution in [3.8, 4) is 0 Å². The number of carbonyl (C=O) groups is 2. The van der Waals surface area contributed by atoms with Crippen molar-refractivity contribution in [1.29, 1.82) is 0 Å². The van der Waals surface area contributed by atoms with E-state index in [0.29, 0.717) is 4.47 Å². The normalized spacial score (nSPS) is 14.5. The standard InChI is InChI=1S/C12H13BrClN3O2/c13-8-5-9(11(14)15-6-8)12(19)16-7-10(18)17-3-1-2-4-17/h5-6H,1-4,7H2,(H,16,19). The fraction of sp³-hybridized carbons (Fsp3) is 0.417. The van der Waals surface area contributed by atoms with Crippen LogP contribution in [0.15, 0.2) is 16.7 Å². The maximum absolute atomic E-state index is 11.9. The van der Waals surface area contributed by atoms with Crippen molar-refractivity contribution in [1.82, 2.24) is 15.2 Å². The molecule has 1 aliphatic rings. The Labute approximate surface area is 124 Å². The predicted octanol–water partition coefficient (Wildman–Crippen LogP) is 1.85. The molecular weight excluding hydrogens is 334 g/mol. The monoisotopic (exact) mass is 345 g/mol. The van der Waals surface area contributed by atoms with E-state index in [1.54, 1.807) is 11.0 Å². The number of hydrogen-bond acceptors (Lipinski definition) is 3. The van der Waals surface area contributed by atoms with Gasteiger partial charge in [0.15, 0.2) is 0 Å². The van der Waals surface area contributed by atoms with Crippen LogP contribution in [0.5, 0.6) is 0 Å². The second kappa shape index (κ2) is 6.34. The molecule has 2 rings (SSSR count). The second-order valence-electron chi connectivity index (χ2n) is 4.26. The molecule has 2 amide bonds. The van der Waals surface area contributed by atoms with Gasteiger partial charge in [-0.2, -0.15) is 0 Å². The van der Waals surface area contributed by atoms with E-state index in [-0.39, 0.29) is 23.2 Å². The molecule has 1 aromatic rings. The highest BCUT2D eigenvalue weighted by Crippen LogP contribution is 2.17. The molecule has 2 heterocycles. The molecule has 1 aromatic heterocycles. The molecule has 1 saturated heterocycles. The minimum atomic E-state index is -0.397. The van der Waals surface area contributed by atoms with Crippen molar-refractivity contribution in [2.24, 2.45) is 0 Å². The number of amides is 2. The van der Waals surface area contributed by atoms with E-state index in [1.807, 2.05) is 0 Å². The Bertz CT molecular complexity index is 504. The van der Waals surface area contributed by atoms with Crippen LogP contribution in [0.2, 0.25) is 5.15 Å². The molecule has 0 saturated carbocycles. The molecule has 0 unspecified atom stereocenters. The number of aromatic nitrogens is 1. The number of nitrogens with zero attached hydrogens (tertiary/aromatic N) is 2. The van der Waals surface area contributed by atoms with Gasteiger partial charge < -0.3 is 10.2 Å². The van der Waals surface area contributed by atoms with Gasteiger partial charge in [-0.15, -0.1) is 0 Å². The summed E-state index contributed by atoms with van der Waals surface area (Å²) in [5.41, 5.74) is 0.255. The van der Waals surface area contributed by atoms with Crippen LogP contribution in [0.3, 0.4) is 0 Å². The summed E-state index contributed by atoms with van der Waals surface area (Å²) in [7, 11) is 0. The van der Waals surface area contributed by atoms with Gasteiger partial charge in [0.1, 0.15) is 5.15 Å². The first kappa shape index (κ1) is 14.3. The van der Waals surface area contributed by atoms with Gasteiger partial charge in [-0.1, -0.05) is 11.6 Å². The van der Waals surface area contributed by atoms with E-state index in [2.05, 4.69) is 26.2 Å². The highest BCUT2D eigenvalue weighted by molar-refractivity contribution is 9.10. The maximum atomic E-state index is 11.9. The van der Waals surface area contributed by atoms with Crippen molar-refractivity contribution in [3.05, 3.63) is 27.5 Å². The molecule has 0 spiro atoms. The first-order chi connectivity index (χ1) is 9.08. The number of carbonyl (C=O) groups excluding carboxylic acids is 2. The van der Waals surface area contributed by atoms with Gasteiger partial charge in [-0.05, 0) is 34.8 Å². The van der Waals surface area contributed by atoms with Crippen LogP contribution in [-0.2, 0) is 4.79 Å². The number of likely N-dealkylation sites (tertiary alicyclic amines) is 1. The van der Waals surface area contributed by atoms with Crippen LogP contribution >= 0.6 is 27.5 Å². The molecule has 5 nitrogen and oxygen atoms in total. The van der Waals surface area contributed by atoms with Crippen molar-refractivity contribution < 1.29 is 9.59 Å². The molecule has 0 atom stereocenters. The highest BCUT2D eigenvalue weighted by Gasteiger charge is 2.19. The van der Waals surface area contributed by atoms with Crippen molar-refractivity contribution >= 4 is 39.3 Å². The van der Waals surface area contributed by atoms with E-state index in [1.165, 1.54) is 6.20 Å². The van der Waals surface area contributed by atoms with Gasteiger partial charge in [0.2, 0.25) is 5.91 Å². The summed E-state index contributed by atoms with van der Waals surface area (Å²) in [6, 6.07) is 1.57. The molecular formula is C12H13BrClN3O2. The highest BCUT2D eigenvalue weighted by atomic mass is 79.9. The van der Waals surface area contributed by atoms with E-state index in [4.69, 9.17) is 11.6 Å². The Balaban J connectivity index is 1.93. The van der Waals surface area contributed by atoms with Crippen LogP contribution in [0.25, 0.3) is 0 Å². The second-order valence-corrected chi connectivity index (χ2v) is 5.54. The average Bonchev–Trinajstić information content (AvgIpc) is 2.92. The van der Waals surface area contributed by atoms with E-state index < -0.39 is 5.91 Å². The van der Waals surface area contributed by atoms with Crippen LogP contribution in [-0.4, -0.2) is 41.3 Å². The molecule has 102 valence electrons.